The molecule has 0 aromatic carbocycles. The Morgan fingerprint density at radius 2 is 2.29 bits per heavy atom. The second-order valence-electron chi connectivity index (χ2n) is 3.19. The fraction of sp³-hybridized carbons (Fsp3) is 0.182. The van der Waals surface area contributed by atoms with Gasteiger partial charge in [-0.3, -0.25) is 0 Å². The highest BCUT2D eigenvalue weighted by Crippen LogP contribution is 2.28. The van der Waals surface area contributed by atoms with Gasteiger partial charge in [0.05, 0.1) is 5.69 Å². The first-order chi connectivity index (χ1) is 6.70. The topological polar surface area (TPSA) is 26.0 Å². The predicted octanol–water partition coefficient (Wildman–Crippen LogP) is 3.41. The van der Waals surface area contributed by atoms with Crippen LogP contribution in [0.15, 0.2) is 27.9 Å². The summed E-state index contributed by atoms with van der Waals surface area (Å²) >= 11 is 1.67. The first-order valence-corrected chi connectivity index (χ1v) is 5.29. The lowest BCUT2D eigenvalue weighted by atomic mass is 10.0. The van der Waals surface area contributed by atoms with Crippen LogP contribution in [0.3, 0.4) is 0 Å². The van der Waals surface area contributed by atoms with Crippen molar-refractivity contribution in [1.82, 2.24) is 5.16 Å². The highest BCUT2D eigenvalue weighted by atomic mass is 32.1. The van der Waals surface area contributed by atoms with E-state index in [0.29, 0.717) is 0 Å². The molecule has 0 aliphatic rings. The zero-order valence-electron chi connectivity index (χ0n) is 8.20. The van der Waals surface area contributed by atoms with Gasteiger partial charge in [-0.25, -0.2) is 0 Å². The Kier molecular flexibility index (Phi) is 2.25. The van der Waals surface area contributed by atoms with E-state index in [1.807, 2.05) is 19.2 Å². The molecule has 0 aliphatic carbocycles. The third kappa shape index (κ3) is 1.40. The summed E-state index contributed by atoms with van der Waals surface area (Å²) in [5.74, 6) is 0.832. The van der Waals surface area contributed by atoms with Crippen molar-refractivity contribution in [2.24, 2.45) is 0 Å². The fourth-order valence-corrected chi connectivity index (χ4v) is 2.17. The lowest BCUT2D eigenvalue weighted by molar-refractivity contribution is 0.393. The predicted molar refractivity (Wildman–Crippen MR) is 58.4 cm³/mol. The molecule has 0 aliphatic heterocycles. The Bertz CT molecular complexity index is 434. The van der Waals surface area contributed by atoms with Gasteiger partial charge in [0, 0.05) is 5.56 Å². The van der Waals surface area contributed by atoms with Gasteiger partial charge >= 0.3 is 0 Å². The maximum Gasteiger partial charge on any atom is 0.141 e. The summed E-state index contributed by atoms with van der Waals surface area (Å²) in [6, 6.07) is 2.05. The van der Waals surface area contributed by atoms with Gasteiger partial charge < -0.3 is 4.52 Å². The van der Waals surface area contributed by atoms with Crippen molar-refractivity contribution < 1.29 is 4.52 Å². The van der Waals surface area contributed by atoms with Gasteiger partial charge in [-0.2, -0.15) is 11.3 Å². The zero-order chi connectivity index (χ0) is 10.1. The van der Waals surface area contributed by atoms with Crippen LogP contribution in [0.5, 0.6) is 0 Å². The van der Waals surface area contributed by atoms with Crippen molar-refractivity contribution in [3.63, 3.8) is 0 Å². The smallest absolute Gasteiger partial charge is 0.141 e. The lowest BCUT2D eigenvalue weighted by Crippen LogP contribution is -1.87. The standard InChI is InChI=1S/C11H11NOS/c1-7(10-4-5-14-6-10)11-8(2)12-13-9(11)3/h4-6H,1H2,2-3H3. The van der Waals surface area contributed by atoms with E-state index in [1.165, 1.54) is 0 Å². The molecule has 2 rings (SSSR count). The van der Waals surface area contributed by atoms with Gasteiger partial charge in [0.25, 0.3) is 0 Å². The highest BCUT2D eigenvalue weighted by Gasteiger charge is 2.13. The molecule has 14 heavy (non-hydrogen) atoms. The molecule has 0 radical (unpaired) electrons. The average Bonchev–Trinajstić information content (AvgIpc) is 2.75. The van der Waals surface area contributed by atoms with Crippen LogP contribution < -0.4 is 0 Å². The molecule has 0 fully saturated rings. The second kappa shape index (κ2) is 3.42. The van der Waals surface area contributed by atoms with E-state index >= 15 is 0 Å². The van der Waals surface area contributed by atoms with Crippen LogP contribution in [0.25, 0.3) is 5.57 Å². The van der Waals surface area contributed by atoms with Crippen LogP contribution in [-0.2, 0) is 0 Å². The molecule has 2 aromatic heterocycles. The molecule has 0 saturated heterocycles. The van der Waals surface area contributed by atoms with E-state index in [0.717, 1.165) is 28.2 Å². The summed E-state index contributed by atoms with van der Waals surface area (Å²) in [6.07, 6.45) is 0. The van der Waals surface area contributed by atoms with Crippen LogP contribution in [0.2, 0.25) is 0 Å². The minimum Gasteiger partial charge on any atom is -0.361 e. The maximum absolute atomic E-state index is 5.11. The summed E-state index contributed by atoms with van der Waals surface area (Å²) in [4.78, 5) is 0. The molecule has 0 N–H and O–H groups in total. The third-order valence-corrected chi connectivity index (χ3v) is 2.89. The zero-order valence-corrected chi connectivity index (χ0v) is 9.02. The molecule has 0 atom stereocenters. The minimum absolute atomic E-state index is 0.832. The van der Waals surface area contributed by atoms with Crippen LogP contribution in [0, 0.1) is 13.8 Å². The number of hydrogen-bond donors (Lipinski definition) is 0. The van der Waals surface area contributed by atoms with Gasteiger partial charge in [-0.05, 0) is 41.8 Å². The van der Waals surface area contributed by atoms with Gasteiger partial charge in [-0.1, -0.05) is 11.7 Å². The Labute approximate surface area is 86.9 Å². The normalized spacial score (nSPS) is 10.4. The Morgan fingerprint density at radius 1 is 1.50 bits per heavy atom. The fourth-order valence-electron chi connectivity index (χ4n) is 1.49. The van der Waals surface area contributed by atoms with Crippen molar-refractivity contribution >= 4 is 16.9 Å². The first-order valence-electron chi connectivity index (χ1n) is 4.35. The number of nitrogens with zero attached hydrogens (tertiary/aromatic N) is 1. The third-order valence-electron chi connectivity index (χ3n) is 2.20. The van der Waals surface area contributed by atoms with Crippen molar-refractivity contribution in [2.45, 2.75) is 13.8 Å². The van der Waals surface area contributed by atoms with Gasteiger partial charge in [0.2, 0.25) is 0 Å². The minimum atomic E-state index is 0.832. The molecular formula is C11H11NOS. The van der Waals surface area contributed by atoms with Gasteiger partial charge in [0.1, 0.15) is 5.76 Å². The van der Waals surface area contributed by atoms with E-state index in [2.05, 4.69) is 23.2 Å². The SMILES string of the molecule is C=C(c1ccsc1)c1c(C)noc1C. The molecule has 72 valence electrons. The van der Waals surface area contributed by atoms with Crippen molar-refractivity contribution in [3.8, 4) is 0 Å². The number of aromatic nitrogens is 1. The molecule has 0 saturated carbocycles. The van der Waals surface area contributed by atoms with Crippen molar-refractivity contribution in [2.75, 3.05) is 0 Å². The summed E-state index contributed by atoms with van der Waals surface area (Å²) in [5.41, 5.74) is 4.06. The van der Waals surface area contributed by atoms with E-state index in [1.54, 1.807) is 11.3 Å². The molecule has 2 aromatic rings. The summed E-state index contributed by atoms with van der Waals surface area (Å²) in [7, 11) is 0. The number of aryl methyl sites for hydroxylation is 2. The number of rotatable bonds is 2. The highest BCUT2D eigenvalue weighted by molar-refractivity contribution is 7.08. The Morgan fingerprint density at radius 3 is 2.79 bits per heavy atom. The Balaban J connectivity index is 2.46. The molecular weight excluding hydrogens is 194 g/mol. The summed E-state index contributed by atoms with van der Waals surface area (Å²) < 4.78 is 5.11. The van der Waals surface area contributed by atoms with Crippen LogP contribution in [0.4, 0.5) is 0 Å². The van der Waals surface area contributed by atoms with Gasteiger partial charge in [-0.15, -0.1) is 0 Å². The molecule has 3 heteroatoms. The van der Waals surface area contributed by atoms with Crippen LogP contribution >= 0.6 is 11.3 Å². The van der Waals surface area contributed by atoms with Crippen molar-refractivity contribution in [3.05, 3.63) is 46.0 Å². The first kappa shape index (κ1) is 9.21. The molecule has 0 bridgehead atoms. The summed E-state index contributed by atoms with van der Waals surface area (Å²) in [6.45, 7) is 7.91. The molecule has 0 spiro atoms. The maximum atomic E-state index is 5.11. The van der Waals surface area contributed by atoms with E-state index in [9.17, 15) is 0 Å². The largest absolute Gasteiger partial charge is 0.361 e. The second-order valence-corrected chi connectivity index (χ2v) is 3.97. The molecule has 2 heterocycles. The van der Waals surface area contributed by atoms with Gasteiger partial charge in [0.15, 0.2) is 0 Å². The van der Waals surface area contributed by atoms with E-state index in [4.69, 9.17) is 4.52 Å². The molecule has 2 nitrogen and oxygen atoms in total. The number of thiophene rings is 1. The Hall–Kier alpha value is -1.35. The lowest BCUT2D eigenvalue weighted by Gasteiger charge is -2.01. The summed E-state index contributed by atoms with van der Waals surface area (Å²) in [5, 5.41) is 8.03. The van der Waals surface area contributed by atoms with E-state index in [-0.39, 0.29) is 0 Å². The van der Waals surface area contributed by atoms with Crippen LogP contribution in [0.1, 0.15) is 22.6 Å². The quantitative estimate of drug-likeness (QED) is 0.750. The van der Waals surface area contributed by atoms with Crippen LogP contribution in [-0.4, -0.2) is 5.16 Å². The average molecular weight is 205 g/mol. The number of hydrogen-bond acceptors (Lipinski definition) is 3. The van der Waals surface area contributed by atoms with E-state index < -0.39 is 0 Å². The molecule has 0 amide bonds. The molecule has 0 unspecified atom stereocenters. The van der Waals surface area contributed by atoms with Crippen molar-refractivity contribution in [1.29, 1.82) is 0 Å². The monoisotopic (exact) mass is 205 g/mol.